The Bertz CT molecular complexity index is 1480. The fraction of sp³-hybridized carbons (Fsp3) is 0.276. The molecule has 182 valence electrons. The van der Waals surface area contributed by atoms with Crippen LogP contribution >= 0.6 is 0 Å². The van der Waals surface area contributed by atoms with E-state index in [2.05, 4.69) is 24.0 Å². The molecule has 2 aromatic heterocycles. The van der Waals surface area contributed by atoms with Crippen molar-refractivity contribution in [1.82, 2.24) is 4.98 Å². The zero-order chi connectivity index (χ0) is 25.2. The molecule has 0 amide bonds. The van der Waals surface area contributed by atoms with Gasteiger partial charge in [0.05, 0.1) is 29.9 Å². The van der Waals surface area contributed by atoms with Crippen LogP contribution in [0, 0.1) is 17.2 Å². The van der Waals surface area contributed by atoms with Gasteiger partial charge in [-0.3, -0.25) is 4.98 Å². The summed E-state index contributed by atoms with van der Waals surface area (Å²) in [6.45, 7) is 3.74. The molecule has 0 radical (unpaired) electrons. The number of methoxy groups -OCH3 is 1. The Balaban J connectivity index is 1.55. The van der Waals surface area contributed by atoms with Gasteiger partial charge in [0.25, 0.3) is 0 Å². The number of nitriles is 1. The standard InChI is InChI=1S/C29H26N2O5/c1-17(18-8-11-35-12-9-18)22-5-3-19(13-21(22)16-30)23-7-10-31-25-15-27(36-28(23)25)24-6-4-20(29(32)33)14-26(24)34-2/h3-7,10,13-15,17-18H,8-9,11-12H2,1-2H3,(H,32,33). The number of fused-ring (bicyclic) bond motifs is 1. The summed E-state index contributed by atoms with van der Waals surface area (Å²) in [4.78, 5) is 15.8. The number of benzene rings is 2. The van der Waals surface area contributed by atoms with Crippen LogP contribution in [0.5, 0.6) is 5.75 Å². The fourth-order valence-corrected chi connectivity index (χ4v) is 5.01. The number of ether oxygens (including phenoxy) is 2. The predicted octanol–water partition coefficient (Wildman–Crippen LogP) is 6.27. The van der Waals surface area contributed by atoms with E-state index in [0.717, 1.165) is 42.7 Å². The SMILES string of the molecule is COc1cc(C(=O)O)ccc1-c1cc2nccc(-c3ccc(C(C)C4CCOCC4)c(C#N)c3)c2o1. The lowest BCUT2D eigenvalue weighted by Gasteiger charge is -2.28. The van der Waals surface area contributed by atoms with Crippen LogP contribution in [0.3, 0.4) is 0 Å². The van der Waals surface area contributed by atoms with Gasteiger partial charge in [0.2, 0.25) is 0 Å². The van der Waals surface area contributed by atoms with Crippen LogP contribution in [-0.2, 0) is 4.74 Å². The summed E-state index contributed by atoms with van der Waals surface area (Å²) >= 11 is 0. The van der Waals surface area contributed by atoms with Gasteiger partial charge < -0.3 is 19.0 Å². The average Bonchev–Trinajstić information content (AvgIpc) is 3.36. The first kappa shape index (κ1) is 23.6. The lowest BCUT2D eigenvalue weighted by atomic mass is 9.80. The summed E-state index contributed by atoms with van der Waals surface area (Å²) < 4.78 is 17.2. The van der Waals surface area contributed by atoms with Gasteiger partial charge in [-0.1, -0.05) is 19.1 Å². The summed E-state index contributed by atoms with van der Waals surface area (Å²) in [6.07, 6.45) is 3.72. The van der Waals surface area contributed by atoms with Crippen LogP contribution in [0.25, 0.3) is 33.6 Å². The largest absolute Gasteiger partial charge is 0.496 e. The second-order valence-corrected chi connectivity index (χ2v) is 9.06. The highest BCUT2D eigenvalue weighted by molar-refractivity contribution is 5.94. The maximum atomic E-state index is 11.3. The van der Waals surface area contributed by atoms with Gasteiger partial charge in [-0.15, -0.1) is 0 Å². The number of pyridine rings is 1. The van der Waals surface area contributed by atoms with Crippen molar-refractivity contribution in [2.24, 2.45) is 5.92 Å². The molecule has 36 heavy (non-hydrogen) atoms. The number of hydrogen-bond donors (Lipinski definition) is 1. The number of carbonyl (C=O) groups is 1. The van der Waals surface area contributed by atoms with E-state index in [-0.39, 0.29) is 11.5 Å². The van der Waals surface area contributed by atoms with Crippen molar-refractivity contribution in [3.05, 3.63) is 71.4 Å². The number of furan rings is 1. The van der Waals surface area contributed by atoms with Crippen LogP contribution in [0.2, 0.25) is 0 Å². The zero-order valence-electron chi connectivity index (χ0n) is 20.2. The normalized spacial score (nSPS) is 14.9. The molecule has 1 saturated heterocycles. The smallest absolute Gasteiger partial charge is 0.335 e. The van der Waals surface area contributed by atoms with Gasteiger partial charge in [-0.2, -0.15) is 5.26 Å². The van der Waals surface area contributed by atoms with Gasteiger partial charge in [0.1, 0.15) is 17.0 Å². The summed E-state index contributed by atoms with van der Waals surface area (Å²) in [5.74, 6) is 0.653. The zero-order valence-corrected chi connectivity index (χ0v) is 20.2. The lowest BCUT2D eigenvalue weighted by Crippen LogP contribution is -2.21. The predicted molar refractivity (Wildman–Crippen MR) is 135 cm³/mol. The van der Waals surface area contributed by atoms with Crippen molar-refractivity contribution in [1.29, 1.82) is 5.26 Å². The maximum Gasteiger partial charge on any atom is 0.335 e. The first-order chi connectivity index (χ1) is 17.5. The van der Waals surface area contributed by atoms with Crippen molar-refractivity contribution in [3.63, 3.8) is 0 Å². The number of aromatic nitrogens is 1. The van der Waals surface area contributed by atoms with Crippen LogP contribution in [0.1, 0.15) is 47.2 Å². The van der Waals surface area contributed by atoms with E-state index in [9.17, 15) is 15.2 Å². The fourth-order valence-electron chi connectivity index (χ4n) is 5.01. The minimum Gasteiger partial charge on any atom is -0.496 e. The van der Waals surface area contributed by atoms with E-state index in [1.807, 2.05) is 24.3 Å². The van der Waals surface area contributed by atoms with Crippen molar-refractivity contribution in [2.75, 3.05) is 20.3 Å². The monoisotopic (exact) mass is 482 g/mol. The third-order valence-corrected chi connectivity index (χ3v) is 7.07. The number of carboxylic acids is 1. The van der Waals surface area contributed by atoms with E-state index >= 15 is 0 Å². The topological polar surface area (TPSA) is 106 Å². The molecule has 3 heterocycles. The minimum absolute atomic E-state index is 0.129. The average molecular weight is 483 g/mol. The molecule has 0 spiro atoms. The molecule has 1 aliphatic heterocycles. The van der Waals surface area contributed by atoms with E-state index < -0.39 is 5.97 Å². The Labute approximate surface area is 208 Å². The second-order valence-electron chi connectivity index (χ2n) is 9.06. The molecule has 0 aliphatic carbocycles. The Morgan fingerprint density at radius 2 is 1.94 bits per heavy atom. The van der Waals surface area contributed by atoms with Crippen molar-refractivity contribution >= 4 is 17.1 Å². The Kier molecular flexibility index (Phi) is 6.45. The summed E-state index contributed by atoms with van der Waals surface area (Å²) in [7, 11) is 1.49. The number of carboxylic acid groups (broad SMARTS) is 1. The molecule has 1 N–H and O–H groups in total. The van der Waals surface area contributed by atoms with Crippen LogP contribution in [-0.4, -0.2) is 36.4 Å². The lowest BCUT2D eigenvalue weighted by molar-refractivity contribution is 0.0596. The van der Waals surface area contributed by atoms with Crippen molar-refractivity contribution in [2.45, 2.75) is 25.7 Å². The Hall–Kier alpha value is -4.15. The maximum absolute atomic E-state index is 11.3. The molecule has 0 saturated carbocycles. The Morgan fingerprint density at radius 1 is 1.14 bits per heavy atom. The van der Waals surface area contributed by atoms with Crippen LogP contribution in [0.15, 0.2) is 59.1 Å². The summed E-state index contributed by atoms with van der Waals surface area (Å²) in [5, 5.41) is 19.3. The second kappa shape index (κ2) is 9.84. The molecule has 0 bridgehead atoms. The third-order valence-electron chi connectivity index (χ3n) is 7.07. The number of rotatable bonds is 6. The van der Waals surface area contributed by atoms with E-state index in [0.29, 0.717) is 39.7 Å². The molecule has 7 heteroatoms. The molecular weight excluding hydrogens is 456 g/mol. The number of nitrogens with zero attached hydrogens (tertiary/aromatic N) is 2. The van der Waals surface area contributed by atoms with Gasteiger partial charge in [0, 0.05) is 31.0 Å². The molecular formula is C29H26N2O5. The van der Waals surface area contributed by atoms with Crippen LogP contribution in [0.4, 0.5) is 0 Å². The molecule has 1 unspecified atom stereocenters. The highest BCUT2D eigenvalue weighted by atomic mass is 16.5. The molecule has 4 aromatic rings. The third kappa shape index (κ3) is 4.32. The molecule has 7 nitrogen and oxygen atoms in total. The van der Waals surface area contributed by atoms with Gasteiger partial charge in [-0.25, -0.2) is 4.79 Å². The van der Waals surface area contributed by atoms with E-state index in [4.69, 9.17) is 13.9 Å². The van der Waals surface area contributed by atoms with Gasteiger partial charge in [-0.05, 0) is 66.1 Å². The van der Waals surface area contributed by atoms with Gasteiger partial charge >= 0.3 is 5.97 Å². The highest BCUT2D eigenvalue weighted by Gasteiger charge is 2.24. The quantitative estimate of drug-likeness (QED) is 0.345. The first-order valence-corrected chi connectivity index (χ1v) is 11.9. The van der Waals surface area contributed by atoms with E-state index in [1.165, 1.54) is 19.2 Å². The number of aromatic carboxylic acids is 1. The van der Waals surface area contributed by atoms with E-state index in [1.54, 1.807) is 12.3 Å². The first-order valence-electron chi connectivity index (χ1n) is 11.9. The molecule has 5 rings (SSSR count). The summed E-state index contributed by atoms with van der Waals surface area (Å²) in [5.41, 5.74) is 5.42. The van der Waals surface area contributed by atoms with Crippen molar-refractivity contribution < 1.29 is 23.8 Å². The van der Waals surface area contributed by atoms with Crippen molar-refractivity contribution in [3.8, 4) is 34.3 Å². The molecule has 2 aromatic carbocycles. The number of hydrogen-bond acceptors (Lipinski definition) is 6. The Morgan fingerprint density at radius 3 is 2.67 bits per heavy atom. The molecule has 1 aliphatic rings. The van der Waals surface area contributed by atoms with Crippen LogP contribution < -0.4 is 4.74 Å². The molecule has 1 fully saturated rings. The highest BCUT2D eigenvalue weighted by Crippen LogP contribution is 2.39. The minimum atomic E-state index is -1.03. The summed E-state index contributed by atoms with van der Waals surface area (Å²) in [6, 6.07) is 16.7. The van der Waals surface area contributed by atoms with Gasteiger partial charge in [0.15, 0.2) is 5.58 Å². The molecule has 1 atom stereocenters.